The van der Waals surface area contributed by atoms with Gasteiger partial charge in [-0.25, -0.2) is 9.97 Å². The van der Waals surface area contributed by atoms with Crippen molar-refractivity contribution in [3.8, 4) is 5.88 Å². The van der Waals surface area contributed by atoms with Crippen LogP contribution in [0.3, 0.4) is 0 Å². The summed E-state index contributed by atoms with van der Waals surface area (Å²) < 4.78 is 5.20. The highest BCUT2D eigenvalue weighted by Gasteiger charge is 2.20. The van der Waals surface area contributed by atoms with Gasteiger partial charge in [-0.2, -0.15) is 0 Å². The molecule has 25 heavy (non-hydrogen) atoms. The molecule has 1 unspecified atom stereocenters. The van der Waals surface area contributed by atoms with E-state index in [4.69, 9.17) is 4.74 Å². The van der Waals surface area contributed by atoms with Gasteiger partial charge in [-0.1, -0.05) is 0 Å². The summed E-state index contributed by atoms with van der Waals surface area (Å²) in [5, 5.41) is 6.98. The van der Waals surface area contributed by atoms with Gasteiger partial charge in [0.2, 0.25) is 11.8 Å². The van der Waals surface area contributed by atoms with Crippen molar-refractivity contribution < 1.29 is 9.53 Å². The van der Waals surface area contributed by atoms with Crippen LogP contribution < -0.4 is 15.4 Å². The highest BCUT2D eigenvalue weighted by atomic mass is 32.1. The maximum Gasteiger partial charge on any atom is 0.223 e. The largest absolute Gasteiger partial charge is 0.481 e. The van der Waals surface area contributed by atoms with Crippen LogP contribution in [0.15, 0.2) is 24.5 Å². The molecule has 0 saturated carbocycles. The molecule has 0 radical (unpaired) electrons. The number of nitrogens with zero attached hydrogens (tertiary/aromatic N) is 3. The first-order chi connectivity index (χ1) is 12.1. The average Bonchev–Trinajstić information content (AvgIpc) is 3.01. The molecular formula is C17H23N5O2S. The Hall–Kier alpha value is -2.03. The van der Waals surface area contributed by atoms with Crippen LogP contribution >= 0.6 is 11.3 Å². The molecule has 3 heterocycles. The van der Waals surface area contributed by atoms with Crippen molar-refractivity contribution in [2.24, 2.45) is 0 Å². The van der Waals surface area contributed by atoms with Crippen molar-refractivity contribution in [1.82, 2.24) is 20.2 Å². The Morgan fingerprint density at radius 2 is 2.40 bits per heavy atom. The molecule has 1 atom stereocenters. The van der Waals surface area contributed by atoms with Crippen molar-refractivity contribution in [2.75, 3.05) is 32.1 Å². The minimum atomic E-state index is -0.0871. The molecule has 3 rings (SSSR count). The lowest BCUT2D eigenvalue weighted by atomic mass is 10.0. The van der Waals surface area contributed by atoms with Gasteiger partial charge in [0.1, 0.15) is 0 Å². The zero-order valence-corrected chi connectivity index (χ0v) is 15.3. The normalized spacial score (nSPS) is 18.1. The van der Waals surface area contributed by atoms with Gasteiger partial charge in [0.15, 0.2) is 5.13 Å². The summed E-state index contributed by atoms with van der Waals surface area (Å²) >= 11 is 1.54. The van der Waals surface area contributed by atoms with E-state index in [0.29, 0.717) is 17.1 Å². The summed E-state index contributed by atoms with van der Waals surface area (Å²) in [6.45, 7) is 5.29. The summed E-state index contributed by atoms with van der Waals surface area (Å²) in [4.78, 5) is 23.1. The second-order valence-corrected chi connectivity index (χ2v) is 7.22. The second kappa shape index (κ2) is 8.37. The molecule has 2 aromatic rings. The molecule has 0 bridgehead atoms. The summed E-state index contributed by atoms with van der Waals surface area (Å²) in [7, 11) is 1.64. The summed E-state index contributed by atoms with van der Waals surface area (Å²) in [6.07, 6.45) is 4.57. The van der Waals surface area contributed by atoms with Crippen LogP contribution in [0.4, 0.5) is 5.13 Å². The lowest BCUT2D eigenvalue weighted by Crippen LogP contribution is -2.51. The number of methoxy groups -OCH3 is 1. The molecule has 0 aliphatic carbocycles. The van der Waals surface area contributed by atoms with Gasteiger partial charge in [0.05, 0.1) is 7.11 Å². The molecule has 1 fully saturated rings. The van der Waals surface area contributed by atoms with E-state index < -0.39 is 0 Å². The Balaban J connectivity index is 1.55. The number of pyridine rings is 1. The van der Waals surface area contributed by atoms with Crippen LogP contribution in [-0.2, 0) is 17.8 Å². The molecule has 0 spiro atoms. The molecular weight excluding hydrogens is 338 g/mol. The quantitative estimate of drug-likeness (QED) is 0.812. The number of nitrogens with one attached hydrogen (secondary N) is 2. The van der Waals surface area contributed by atoms with E-state index in [1.54, 1.807) is 13.3 Å². The van der Waals surface area contributed by atoms with E-state index in [2.05, 4.69) is 25.5 Å². The van der Waals surface area contributed by atoms with Crippen LogP contribution in [-0.4, -0.2) is 53.6 Å². The molecule has 1 aliphatic heterocycles. The minimum Gasteiger partial charge on any atom is -0.481 e. The van der Waals surface area contributed by atoms with E-state index in [1.807, 2.05) is 18.3 Å². The van der Waals surface area contributed by atoms with E-state index in [-0.39, 0.29) is 5.91 Å². The third kappa shape index (κ3) is 5.22. The van der Waals surface area contributed by atoms with Gasteiger partial charge in [-0.05, 0) is 18.1 Å². The topological polar surface area (TPSA) is 79.4 Å². The van der Waals surface area contributed by atoms with E-state index in [9.17, 15) is 4.79 Å². The Kier molecular flexibility index (Phi) is 5.95. The first-order valence-corrected chi connectivity index (χ1v) is 9.11. The van der Waals surface area contributed by atoms with Gasteiger partial charge in [-0.15, -0.1) is 11.3 Å². The number of anilines is 1. The molecule has 1 saturated heterocycles. The number of hydrogen-bond acceptors (Lipinski definition) is 7. The third-order valence-electron chi connectivity index (χ3n) is 4.05. The highest BCUT2D eigenvalue weighted by molar-refractivity contribution is 7.15. The molecule has 8 heteroatoms. The molecule has 1 aliphatic rings. The molecule has 2 N–H and O–H groups in total. The Bertz CT molecular complexity index is 721. The second-order valence-electron chi connectivity index (χ2n) is 6.11. The molecule has 1 amide bonds. The summed E-state index contributed by atoms with van der Waals surface area (Å²) in [5.41, 5.74) is 1.22. The lowest BCUT2D eigenvalue weighted by molar-refractivity contribution is -0.114. The number of rotatable bonds is 6. The maximum absolute atomic E-state index is 11.1. The number of thiazole rings is 1. The SMILES string of the molecule is COc1cc(CC2CN(Cc3cnc(NC(C)=O)s3)CCN2)ccn1. The number of amides is 1. The smallest absolute Gasteiger partial charge is 0.223 e. The van der Waals surface area contributed by atoms with Crippen molar-refractivity contribution >= 4 is 22.4 Å². The third-order valence-corrected chi connectivity index (χ3v) is 4.94. The van der Waals surface area contributed by atoms with Gasteiger partial charge in [-0.3, -0.25) is 9.69 Å². The van der Waals surface area contributed by atoms with Crippen molar-refractivity contribution in [3.05, 3.63) is 35.0 Å². The van der Waals surface area contributed by atoms with Crippen LogP contribution in [0.2, 0.25) is 0 Å². The number of carbonyl (C=O) groups excluding carboxylic acids is 1. The van der Waals surface area contributed by atoms with Crippen LogP contribution in [0.25, 0.3) is 0 Å². The van der Waals surface area contributed by atoms with Gasteiger partial charge in [0.25, 0.3) is 0 Å². The van der Waals surface area contributed by atoms with Crippen LogP contribution in [0, 0.1) is 0 Å². The minimum absolute atomic E-state index is 0.0871. The van der Waals surface area contributed by atoms with E-state index in [1.165, 1.54) is 23.8 Å². The predicted octanol–water partition coefficient (Wildman–Crippen LogP) is 1.52. The average molecular weight is 361 g/mol. The Morgan fingerprint density at radius 1 is 1.52 bits per heavy atom. The zero-order valence-electron chi connectivity index (χ0n) is 14.5. The monoisotopic (exact) mass is 361 g/mol. The van der Waals surface area contributed by atoms with Gasteiger partial charge < -0.3 is 15.4 Å². The fourth-order valence-corrected chi connectivity index (χ4v) is 3.86. The van der Waals surface area contributed by atoms with Crippen molar-refractivity contribution in [2.45, 2.75) is 25.9 Å². The van der Waals surface area contributed by atoms with Gasteiger partial charge in [0, 0.05) is 62.5 Å². The van der Waals surface area contributed by atoms with E-state index in [0.717, 1.165) is 37.5 Å². The molecule has 0 aromatic carbocycles. The number of carbonyl (C=O) groups is 1. The number of ether oxygens (including phenoxy) is 1. The first-order valence-electron chi connectivity index (χ1n) is 8.29. The summed E-state index contributed by atoms with van der Waals surface area (Å²) in [5.74, 6) is 0.566. The number of hydrogen-bond donors (Lipinski definition) is 2. The maximum atomic E-state index is 11.1. The zero-order chi connectivity index (χ0) is 17.6. The Morgan fingerprint density at radius 3 is 3.20 bits per heavy atom. The van der Waals surface area contributed by atoms with Crippen molar-refractivity contribution in [1.29, 1.82) is 0 Å². The fourth-order valence-electron chi connectivity index (χ4n) is 2.96. The standard InChI is InChI=1S/C17H23N5O2S/c1-12(23)21-17-20-9-15(25-17)11-22-6-5-18-14(10-22)7-13-3-4-19-16(8-13)24-2/h3-4,8-9,14,18H,5-7,10-11H2,1-2H3,(H,20,21,23). The molecule has 7 nitrogen and oxygen atoms in total. The van der Waals surface area contributed by atoms with Crippen LogP contribution in [0.1, 0.15) is 17.4 Å². The predicted molar refractivity (Wildman–Crippen MR) is 98.0 cm³/mol. The highest BCUT2D eigenvalue weighted by Crippen LogP contribution is 2.20. The summed E-state index contributed by atoms with van der Waals surface area (Å²) in [6, 6.07) is 4.42. The van der Waals surface area contributed by atoms with Gasteiger partial charge >= 0.3 is 0 Å². The fraction of sp³-hybridized carbons (Fsp3) is 0.471. The number of aromatic nitrogens is 2. The molecule has 2 aromatic heterocycles. The van der Waals surface area contributed by atoms with E-state index >= 15 is 0 Å². The Labute approximate surface area is 151 Å². The van der Waals surface area contributed by atoms with Crippen molar-refractivity contribution in [3.63, 3.8) is 0 Å². The van der Waals surface area contributed by atoms with Crippen LogP contribution in [0.5, 0.6) is 5.88 Å². The molecule has 134 valence electrons. The lowest BCUT2D eigenvalue weighted by Gasteiger charge is -2.33. The number of piperazine rings is 1. The first kappa shape index (κ1) is 17.8.